The number of ether oxygens (including phenoxy) is 1. The summed E-state index contributed by atoms with van der Waals surface area (Å²) in [7, 11) is 1.61. The highest BCUT2D eigenvalue weighted by Crippen LogP contribution is 2.24. The fourth-order valence-corrected chi connectivity index (χ4v) is 2.47. The second-order valence-corrected chi connectivity index (χ2v) is 5.78. The maximum absolute atomic E-state index is 12.0. The number of halogens is 1. The maximum atomic E-state index is 12.0. The summed E-state index contributed by atoms with van der Waals surface area (Å²) in [5.41, 5.74) is 1.92. The molecule has 0 aliphatic rings. The number of benzene rings is 2. The van der Waals surface area contributed by atoms with Crippen molar-refractivity contribution >= 4 is 27.9 Å². The molecule has 0 radical (unpaired) electrons. The summed E-state index contributed by atoms with van der Waals surface area (Å²) in [5.74, 6) is 0.585. The Hall–Kier alpha value is -2.07. The standard InChI is InChI=1S/C18H18BrNO2/c1-13(14-6-4-3-5-7-14)20-18(21)11-8-15-12-16(19)9-10-17(15)22-2/h3-13H,1-2H3,(H,20,21)/b11-8+. The molecule has 1 unspecified atom stereocenters. The van der Waals surface area contributed by atoms with Crippen molar-refractivity contribution in [3.05, 3.63) is 70.2 Å². The highest BCUT2D eigenvalue weighted by Gasteiger charge is 2.07. The number of rotatable bonds is 5. The minimum atomic E-state index is -0.140. The predicted molar refractivity (Wildman–Crippen MR) is 92.7 cm³/mol. The summed E-state index contributed by atoms with van der Waals surface area (Å²) in [6, 6.07) is 15.5. The van der Waals surface area contributed by atoms with Gasteiger partial charge in [0.15, 0.2) is 0 Å². The van der Waals surface area contributed by atoms with Gasteiger partial charge < -0.3 is 10.1 Å². The van der Waals surface area contributed by atoms with Gasteiger partial charge in [0.2, 0.25) is 5.91 Å². The van der Waals surface area contributed by atoms with E-state index in [1.807, 2.05) is 55.5 Å². The van der Waals surface area contributed by atoms with Crippen LogP contribution in [0.5, 0.6) is 5.75 Å². The van der Waals surface area contributed by atoms with Gasteiger partial charge in [-0.3, -0.25) is 4.79 Å². The molecule has 0 spiro atoms. The Morgan fingerprint density at radius 1 is 1.23 bits per heavy atom. The molecule has 1 amide bonds. The number of hydrogen-bond acceptors (Lipinski definition) is 2. The Morgan fingerprint density at radius 2 is 1.95 bits per heavy atom. The lowest BCUT2D eigenvalue weighted by Crippen LogP contribution is -2.24. The Bertz CT molecular complexity index is 668. The summed E-state index contributed by atoms with van der Waals surface area (Å²) >= 11 is 3.41. The molecular formula is C18H18BrNO2. The van der Waals surface area contributed by atoms with Crippen molar-refractivity contribution in [2.75, 3.05) is 7.11 Å². The van der Waals surface area contributed by atoms with Crippen molar-refractivity contribution in [3.63, 3.8) is 0 Å². The predicted octanol–water partition coefficient (Wildman–Crippen LogP) is 4.35. The van der Waals surface area contributed by atoms with Crippen molar-refractivity contribution in [3.8, 4) is 5.75 Å². The van der Waals surface area contributed by atoms with E-state index >= 15 is 0 Å². The van der Waals surface area contributed by atoms with E-state index in [0.29, 0.717) is 0 Å². The van der Waals surface area contributed by atoms with Crippen LogP contribution in [0.25, 0.3) is 6.08 Å². The third-order valence-corrected chi connectivity index (χ3v) is 3.76. The zero-order chi connectivity index (χ0) is 15.9. The van der Waals surface area contributed by atoms with Gasteiger partial charge in [-0.2, -0.15) is 0 Å². The van der Waals surface area contributed by atoms with Crippen LogP contribution in [0.15, 0.2) is 59.1 Å². The molecule has 22 heavy (non-hydrogen) atoms. The fraction of sp³-hybridized carbons (Fsp3) is 0.167. The summed E-state index contributed by atoms with van der Waals surface area (Å²) in [5, 5.41) is 2.94. The fourth-order valence-electron chi connectivity index (χ4n) is 2.09. The molecule has 2 rings (SSSR count). The Morgan fingerprint density at radius 3 is 2.64 bits per heavy atom. The van der Waals surface area contributed by atoms with Crippen molar-refractivity contribution in [2.24, 2.45) is 0 Å². The van der Waals surface area contributed by atoms with Gasteiger partial charge in [-0.05, 0) is 36.8 Å². The number of methoxy groups -OCH3 is 1. The second kappa shape index (κ2) is 7.80. The highest BCUT2D eigenvalue weighted by atomic mass is 79.9. The molecule has 114 valence electrons. The van der Waals surface area contributed by atoms with Crippen LogP contribution in [0.4, 0.5) is 0 Å². The van der Waals surface area contributed by atoms with Gasteiger partial charge in [0.25, 0.3) is 0 Å². The molecular weight excluding hydrogens is 342 g/mol. The van der Waals surface area contributed by atoms with Gasteiger partial charge in [0.05, 0.1) is 13.2 Å². The molecule has 0 saturated carbocycles. The van der Waals surface area contributed by atoms with Gasteiger partial charge in [-0.1, -0.05) is 46.3 Å². The number of nitrogens with one attached hydrogen (secondary N) is 1. The van der Waals surface area contributed by atoms with Gasteiger partial charge >= 0.3 is 0 Å². The van der Waals surface area contributed by atoms with E-state index in [9.17, 15) is 4.79 Å². The molecule has 0 aromatic heterocycles. The minimum Gasteiger partial charge on any atom is -0.496 e. The number of carbonyl (C=O) groups is 1. The van der Waals surface area contributed by atoms with Crippen molar-refractivity contribution in [1.29, 1.82) is 0 Å². The van der Waals surface area contributed by atoms with Crippen LogP contribution in [-0.4, -0.2) is 13.0 Å². The van der Waals surface area contributed by atoms with Crippen molar-refractivity contribution in [2.45, 2.75) is 13.0 Å². The molecule has 3 nitrogen and oxygen atoms in total. The summed E-state index contributed by atoms with van der Waals surface area (Å²) < 4.78 is 6.22. The monoisotopic (exact) mass is 359 g/mol. The minimum absolute atomic E-state index is 0.0391. The van der Waals surface area contributed by atoms with Crippen LogP contribution < -0.4 is 10.1 Å². The number of amides is 1. The summed E-state index contributed by atoms with van der Waals surface area (Å²) in [4.78, 5) is 12.0. The number of hydrogen-bond donors (Lipinski definition) is 1. The second-order valence-electron chi connectivity index (χ2n) is 4.86. The van der Waals surface area contributed by atoms with E-state index in [0.717, 1.165) is 21.3 Å². The average Bonchev–Trinajstić information content (AvgIpc) is 2.54. The third kappa shape index (κ3) is 4.46. The van der Waals surface area contributed by atoms with Gasteiger partial charge in [0.1, 0.15) is 5.75 Å². The van der Waals surface area contributed by atoms with E-state index in [2.05, 4.69) is 21.2 Å². The molecule has 0 heterocycles. The lowest BCUT2D eigenvalue weighted by Gasteiger charge is -2.12. The van der Waals surface area contributed by atoms with E-state index in [1.165, 1.54) is 6.08 Å². The maximum Gasteiger partial charge on any atom is 0.244 e. The zero-order valence-electron chi connectivity index (χ0n) is 12.5. The molecule has 4 heteroatoms. The molecule has 1 atom stereocenters. The van der Waals surface area contributed by atoms with Gasteiger partial charge in [0, 0.05) is 16.1 Å². The third-order valence-electron chi connectivity index (χ3n) is 3.26. The Kier molecular flexibility index (Phi) is 5.78. The first-order valence-electron chi connectivity index (χ1n) is 6.97. The number of carbonyl (C=O) groups excluding carboxylic acids is 1. The van der Waals surface area contributed by atoms with Crippen LogP contribution in [-0.2, 0) is 4.79 Å². The van der Waals surface area contributed by atoms with Crippen molar-refractivity contribution < 1.29 is 9.53 Å². The van der Waals surface area contributed by atoms with E-state index in [-0.39, 0.29) is 11.9 Å². The van der Waals surface area contributed by atoms with Crippen molar-refractivity contribution in [1.82, 2.24) is 5.32 Å². The molecule has 0 aliphatic heterocycles. The average molecular weight is 360 g/mol. The van der Waals surface area contributed by atoms with Gasteiger partial charge in [-0.15, -0.1) is 0 Å². The first-order valence-corrected chi connectivity index (χ1v) is 7.76. The normalized spacial score (nSPS) is 12.1. The van der Waals surface area contributed by atoms with Gasteiger partial charge in [-0.25, -0.2) is 0 Å². The van der Waals surface area contributed by atoms with Crippen LogP contribution in [0.2, 0.25) is 0 Å². The van der Waals surface area contributed by atoms with E-state index < -0.39 is 0 Å². The first kappa shape index (κ1) is 16.3. The van der Waals surface area contributed by atoms with Crippen LogP contribution in [0, 0.1) is 0 Å². The molecule has 0 bridgehead atoms. The lowest BCUT2D eigenvalue weighted by atomic mass is 10.1. The zero-order valence-corrected chi connectivity index (χ0v) is 14.1. The SMILES string of the molecule is COc1ccc(Br)cc1/C=C/C(=O)NC(C)c1ccccc1. The van der Waals surface area contributed by atoms with Crippen LogP contribution in [0.3, 0.4) is 0 Å². The van der Waals surface area contributed by atoms with Crippen LogP contribution in [0.1, 0.15) is 24.1 Å². The smallest absolute Gasteiger partial charge is 0.244 e. The molecule has 1 N–H and O–H groups in total. The molecule has 0 saturated heterocycles. The highest BCUT2D eigenvalue weighted by molar-refractivity contribution is 9.10. The molecule has 2 aromatic rings. The topological polar surface area (TPSA) is 38.3 Å². The summed E-state index contributed by atoms with van der Waals surface area (Å²) in [6.45, 7) is 1.96. The molecule has 0 fully saturated rings. The van der Waals surface area contributed by atoms with E-state index in [1.54, 1.807) is 13.2 Å². The first-order chi connectivity index (χ1) is 10.6. The summed E-state index contributed by atoms with van der Waals surface area (Å²) in [6.07, 6.45) is 3.26. The molecule has 2 aromatic carbocycles. The lowest BCUT2D eigenvalue weighted by molar-refractivity contribution is -0.117. The Balaban J connectivity index is 2.04. The Labute approximate surface area is 139 Å². The van der Waals surface area contributed by atoms with Crippen LogP contribution >= 0.6 is 15.9 Å². The van der Waals surface area contributed by atoms with E-state index in [4.69, 9.17) is 4.74 Å². The quantitative estimate of drug-likeness (QED) is 0.806. The largest absolute Gasteiger partial charge is 0.496 e. The molecule has 0 aliphatic carbocycles.